The third kappa shape index (κ3) is 12.2. The zero-order chi connectivity index (χ0) is 78.3. The third-order valence-corrected chi connectivity index (χ3v) is 23.2. The number of furan rings is 2. The van der Waals surface area contributed by atoms with Gasteiger partial charge in [0.05, 0.1) is 23.3 Å². The van der Waals surface area contributed by atoms with Gasteiger partial charge in [-0.3, -0.25) is 0 Å². The summed E-state index contributed by atoms with van der Waals surface area (Å²) in [6, 6.07) is 126. The molecule has 0 spiro atoms. The van der Waals surface area contributed by atoms with Gasteiger partial charge in [0.1, 0.15) is 22.3 Å². The second-order valence-electron chi connectivity index (χ2n) is 30.1. The molecule has 118 heavy (non-hydrogen) atoms. The number of nitriles is 2. The Morgan fingerprint density at radius 2 is 0.627 bits per heavy atom. The van der Waals surface area contributed by atoms with Crippen LogP contribution in [0.5, 0.6) is 0 Å². The predicted molar refractivity (Wildman–Crippen MR) is 478 cm³/mol. The fraction of sp³-hybridized carbons (Fsp3) is 0.0185. The Kier molecular flexibility index (Phi) is 16.6. The van der Waals surface area contributed by atoms with E-state index in [-0.39, 0.29) is 5.92 Å². The summed E-state index contributed by atoms with van der Waals surface area (Å²) in [5.41, 5.74) is 23.6. The predicted octanol–water partition coefficient (Wildman–Crippen LogP) is 27.7. The van der Waals surface area contributed by atoms with E-state index in [2.05, 4.69) is 249 Å². The number of benzene rings is 17. The van der Waals surface area contributed by atoms with E-state index in [4.69, 9.17) is 38.7 Å². The average molecular weight is 1510 g/mol. The van der Waals surface area contributed by atoms with Crippen LogP contribution >= 0.6 is 0 Å². The van der Waals surface area contributed by atoms with Crippen LogP contribution in [0, 0.1) is 22.7 Å². The van der Waals surface area contributed by atoms with E-state index < -0.39 is 0 Å². The summed E-state index contributed by atoms with van der Waals surface area (Å²) in [5.74, 6) is 3.51. The molecule has 0 radical (unpaired) electrons. The Morgan fingerprint density at radius 3 is 1.15 bits per heavy atom. The maximum atomic E-state index is 10.1. The lowest BCUT2D eigenvalue weighted by Crippen LogP contribution is -2.02. The lowest BCUT2D eigenvalue weighted by Gasteiger charge is -2.18. The monoisotopic (exact) mass is 1500 g/mol. The van der Waals surface area contributed by atoms with Crippen LogP contribution in [-0.2, 0) is 0 Å². The molecule has 1 aliphatic rings. The molecule has 17 aromatic carbocycles. The van der Waals surface area contributed by atoms with Crippen LogP contribution in [0.25, 0.3) is 217 Å². The van der Waals surface area contributed by atoms with Crippen LogP contribution in [0.3, 0.4) is 0 Å². The van der Waals surface area contributed by atoms with Crippen LogP contribution in [0.1, 0.15) is 34.6 Å². The SMILES string of the molecule is N#Cc1ccc(-c2ccc3c4ccc(-c5cccc(-c6ccc(-c7nc(-c8ccccc8)nc(-c8cccc(-c9cccc(-c%10nc(-c%11ccccc%11)nc(-c%11cccc(C%12C=CC(c%13ccc%14c%15ccc(-c%16ccccc%16C#N)cc%15c%15c%16ccccc%16oc%15c%14c%13)=CC%12)c%11)n%10)c9)c8)n7)cc6)c5)cc4c4oc5ccccc5c4c3c2)cc1. The van der Waals surface area contributed by atoms with Crippen molar-refractivity contribution in [2.24, 2.45) is 0 Å². The molecule has 0 fully saturated rings. The number of hydrogen-bond acceptors (Lipinski definition) is 10. The van der Waals surface area contributed by atoms with Gasteiger partial charge in [-0.2, -0.15) is 10.5 Å². The van der Waals surface area contributed by atoms with Gasteiger partial charge in [0.25, 0.3) is 0 Å². The minimum Gasteiger partial charge on any atom is -0.455 e. The van der Waals surface area contributed by atoms with Crippen LogP contribution in [-0.4, -0.2) is 29.9 Å². The van der Waals surface area contributed by atoms with E-state index in [1.54, 1.807) is 0 Å². The number of hydrogen-bond donors (Lipinski definition) is 0. The first kappa shape index (κ1) is 68.6. The van der Waals surface area contributed by atoms with Crippen LogP contribution in [0.15, 0.2) is 379 Å². The highest BCUT2D eigenvalue weighted by Gasteiger charge is 2.24. The fourth-order valence-electron chi connectivity index (χ4n) is 17.2. The van der Waals surface area contributed by atoms with Crippen molar-refractivity contribution >= 4 is 92.5 Å². The molecule has 0 N–H and O–H groups in total. The number of allylic oxidation sites excluding steroid dienone is 4. The maximum Gasteiger partial charge on any atom is 0.164 e. The van der Waals surface area contributed by atoms with E-state index in [9.17, 15) is 10.5 Å². The normalized spacial score (nSPS) is 12.8. The van der Waals surface area contributed by atoms with Gasteiger partial charge in [-0.1, -0.05) is 291 Å². The van der Waals surface area contributed by atoms with Gasteiger partial charge in [-0.15, -0.1) is 0 Å². The summed E-state index contributed by atoms with van der Waals surface area (Å²) in [7, 11) is 0. The average Bonchev–Trinajstić information content (AvgIpc) is 1.52. The number of nitrogens with zero attached hydrogens (tertiary/aromatic N) is 8. The van der Waals surface area contributed by atoms with Crippen molar-refractivity contribution in [1.82, 2.24) is 29.9 Å². The molecule has 10 heteroatoms. The van der Waals surface area contributed by atoms with E-state index in [0.29, 0.717) is 46.1 Å². The van der Waals surface area contributed by atoms with Crippen molar-refractivity contribution in [1.29, 1.82) is 10.5 Å². The van der Waals surface area contributed by atoms with Crippen molar-refractivity contribution in [2.45, 2.75) is 12.3 Å². The minimum atomic E-state index is 0.111. The molecular formula is C108H64N8O2. The molecule has 1 unspecified atom stereocenters. The van der Waals surface area contributed by atoms with Gasteiger partial charge in [0.2, 0.25) is 0 Å². The van der Waals surface area contributed by atoms with Gasteiger partial charge in [-0.25, -0.2) is 29.9 Å². The minimum absolute atomic E-state index is 0.111. The Labute approximate surface area is 678 Å². The zero-order valence-electron chi connectivity index (χ0n) is 63.4. The lowest BCUT2D eigenvalue weighted by molar-refractivity contribution is 0.672. The van der Waals surface area contributed by atoms with E-state index in [1.807, 2.05) is 133 Å². The molecule has 4 aromatic heterocycles. The van der Waals surface area contributed by atoms with Crippen molar-refractivity contribution in [2.75, 3.05) is 0 Å². The standard InChI is InChI=1S/C108H64N8O2/c109-63-65-35-37-66(38-36-65)78-47-51-87-90-53-49-80(61-96(90)102-99(93(87)59-78)91-31-9-11-33-97(91)118-102)75-24-13-22-73(55-75)68-43-45-72(46-44-68)105-111-103(70-17-3-1-4-18-70)112-106(115-105)83-28-15-25-76(57-83)77-26-16-29-84(58-77)108-114-104(71-19-5-2-6-20-71)113-107(116-108)82-27-14-23-74(56-82)67-39-41-69(42-40-67)79-48-52-89-88-54-50-81(86-30-8-7-21-85(86)64-110)62-94(88)100-92-32-10-12-34-98(92)117-101(100)95(89)60-79/h1-39,41-62,67H,40H2. The molecule has 22 rings (SSSR count). The third-order valence-electron chi connectivity index (χ3n) is 23.2. The number of aromatic nitrogens is 6. The summed E-state index contributed by atoms with van der Waals surface area (Å²) in [6.45, 7) is 0. The van der Waals surface area contributed by atoms with Crippen molar-refractivity contribution in [3.8, 4) is 136 Å². The highest BCUT2D eigenvalue weighted by molar-refractivity contribution is 6.32. The van der Waals surface area contributed by atoms with Gasteiger partial charge >= 0.3 is 0 Å². The Hall–Kier alpha value is -16.1. The van der Waals surface area contributed by atoms with Gasteiger partial charge in [0.15, 0.2) is 34.9 Å². The molecule has 1 aliphatic carbocycles. The molecule has 0 aliphatic heterocycles. The molecule has 1 atom stereocenters. The molecule has 0 bridgehead atoms. The lowest BCUT2D eigenvalue weighted by atomic mass is 9.86. The molecule has 4 heterocycles. The van der Waals surface area contributed by atoms with E-state index in [1.165, 1.54) is 0 Å². The van der Waals surface area contributed by atoms with Crippen LogP contribution in [0.2, 0.25) is 0 Å². The molecule has 10 nitrogen and oxygen atoms in total. The maximum absolute atomic E-state index is 10.1. The fourth-order valence-corrected chi connectivity index (χ4v) is 17.2. The summed E-state index contributed by atoms with van der Waals surface area (Å²) in [6.07, 6.45) is 7.72. The highest BCUT2D eigenvalue weighted by atomic mass is 16.3. The molecule has 548 valence electrons. The number of para-hydroxylation sites is 2. The first-order valence-corrected chi connectivity index (χ1v) is 39.5. The molecule has 0 saturated carbocycles. The number of rotatable bonds is 13. The molecular weight excluding hydrogens is 1440 g/mol. The Balaban J connectivity index is 0.546. The number of fused-ring (bicyclic) bond motifs is 16. The molecule has 21 aromatic rings. The van der Waals surface area contributed by atoms with Gasteiger partial charge < -0.3 is 8.83 Å². The zero-order valence-corrected chi connectivity index (χ0v) is 63.4. The Morgan fingerprint density at radius 1 is 0.263 bits per heavy atom. The topological polar surface area (TPSA) is 151 Å². The smallest absolute Gasteiger partial charge is 0.164 e. The summed E-state index contributed by atoms with van der Waals surface area (Å²) in [5, 5.41) is 32.7. The van der Waals surface area contributed by atoms with Crippen LogP contribution in [0.4, 0.5) is 0 Å². The molecule has 0 amide bonds. The Bertz CT molecular complexity index is 7860. The second-order valence-corrected chi connectivity index (χ2v) is 30.1. The van der Waals surface area contributed by atoms with Crippen LogP contribution < -0.4 is 0 Å². The van der Waals surface area contributed by atoms with Crippen molar-refractivity contribution in [3.05, 3.63) is 392 Å². The summed E-state index contributed by atoms with van der Waals surface area (Å²) in [4.78, 5) is 31.3. The van der Waals surface area contributed by atoms with E-state index >= 15 is 0 Å². The summed E-state index contributed by atoms with van der Waals surface area (Å²) < 4.78 is 13.6. The summed E-state index contributed by atoms with van der Waals surface area (Å²) >= 11 is 0. The second kappa shape index (κ2) is 28.5. The van der Waals surface area contributed by atoms with Crippen molar-refractivity contribution in [3.63, 3.8) is 0 Å². The van der Waals surface area contributed by atoms with Crippen molar-refractivity contribution < 1.29 is 8.83 Å². The van der Waals surface area contributed by atoms with E-state index in [0.717, 1.165) is 199 Å². The quantitative estimate of drug-likeness (QED) is 0.102. The highest BCUT2D eigenvalue weighted by Crippen LogP contribution is 2.47. The largest absolute Gasteiger partial charge is 0.455 e. The van der Waals surface area contributed by atoms with Gasteiger partial charge in [0, 0.05) is 71.6 Å². The van der Waals surface area contributed by atoms with Gasteiger partial charge in [-0.05, 0) is 190 Å². The molecule has 0 saturated heterocycles. The first-order chi connectivity index (χ1) is 58.3. The first-order valence-electron chi connectivity index (χ1n) is 39.5.